The monoisotopic (exact) mass is 264 g/mol. The third kappa shape index (κ3) is 4.54. The van der Waals surface area contributed by atoms with Gasteiger partial charge in [0.15, 0.2) is 0 Å². The normalized spacial score (nSPS) is 30.4. The molecule has 2 unspecified atom stereocenters. The molecule has 1 rings (SSSR count). The Morgan fingerprint density at radius 1 is 1.53 bits per heavy atom. The minimum absolute atomic E-state index is 0.000366. The van der Waals surface area contributed by atoms with Crippen molar-refractivity contribution in [3.63, 3.8) is 0 Å². The summed E-state index contributed by atoms with van der Waals surface area (Å²) in [6.07, 6.45) is 3.85. The van der Waals surface area contributed by atoms with Crippen molar-refractivity contribution in [2.75, 3.05) is 26.0 Å². The van der Waals surface area contributed by atoms with Crippen molar-refractivity contribution in [1.82, 2.24) is 4.72 Å². The molecule has 0 radical (unpaired) electrons. The first kappa shape index (κ1) is 14.9. The molecule has 0 aromatic rings. The van der Waals surface area contributed by atoms with E-state index < -0.39 is 15.6 Å². The van der Waals surface area contributed by atoms with Crippen LogP contribution in [0.15, 0.2) is 0 Å². The highest BCUT2D eigenvalue weighted by Crippen LogP contribution is 2.32. The molecule has 2 atom stereocenters. The molecule has 102 valence electrons. The highest BCUT2D eigenvalue weighted by atomic mass is 32.2. The van der Waals surface area contributed by atoms with Gasteiger partial charge in [-0.1, -0.05) is 19.8 Å². The average molecular weight is 264 g/mol. The van der Waals surface area contributed by atoms with E-state index in [0.717, 1.165) is 25.7 Å². The van der Waals surface area contributed by atoms with E-state index in [9.17, 15) is 8.42 Å². The molecule has 0 bridgehead atoms. The van der Waals surface area contributed by atoms with Crippen LogP contribution >= 0.6 is 0 Å². The van der Waals surface area contributed by atoms with E-state index in [1.54, 1.807) is 0 Å². The number of hydrogen-bond acceptors (Lipinski definition) is 4. The number of methoxy groups -OCH3 is 1. The largest absolute Gasteiger partial charge is 0.384 e. The Hall–Kier alpha value is -0.170. The molecule has 0 heterocycles. The smallest absolute Gasteiger partial charge is 0.214 e. The molecule has 1 aliphatic rings. The minimum atomic E-state index is -3.29. The molecule has 17 heavy (non-hydrogen) atoms. The first-order chi connectivity index (χ1) is 7.93. The summed E-state index contributed by atoms with van der Waals surface area (Å²) in [7, 11) is -1.80. The number of rotatable bonds is 6. The van der Waals surface area contributed by atoms with Crippen molar-refractivity contribution in [1.29, 1.82) is 0 Å². The summed E-state index contributed by atoms with van der Waals surface area (Å²) < 4.78 is 31.4. The summed E-state index contributed by atoms with van der Waals surface area (Å²) in [5, 5.41) is 0. The van der Waals surface area contributed by atoms with E-state index in [1.807, 2.05) is 0 Å². The molecule has 1 fully saturated rings. The highest BCUT2D eigenvalue weighted by molar-refractivity contribution is 7.89. The quantitative estimate of drug-likeness (QED) is 0.730. The van der Waals surface area contributed by atoms with Gasteiger partial charge in [0.25, 0.3) is 0 Å². The number of nitrogens with two attached hydrogens (primary N) is 1. The average Bonchev–Trinajstić information content (AvgIpc) is 2.26. The lowest BCUT2D eigenvalue weighted by Gasteiger charge is -2.39. The van der Waals surface area contributed by atoms with Crippen LogP contribution in [0, 0.1) is 5.92 Å². The summed E-state index contributed by atoms with van der Waals surface area (Å²) in [4.78, 5) is 0. The van der Waals surface area contributed by atoms with Gasteiger partial charge in [-0.3, -0.25) is 0 Å². The Morgan fingerprint density at radius 2 is 2.24 bits per heavy atom. The van der Waals surface area contributed by atoms with Gasteiger partial charge >= 0.3 is 0 Å². The number of nitrogens with one attached hydrogen (secondary N) is 1. The van der Waals surface area contributed by atoms with Crippen LogP contribution in [0.5, 0.6) is 0 Å². The van der Waals surface area contributed by atoms with E-state index >= 15 is 0 Å². The molecule has 0 aliphatic heterocycles. The molecule has 1 saturated carbocycles. The molecule has 5 nitrogen and oxygen atoms in total. The molecule has 0 aromatic carbocycles. The molecule has 0 aromatic heterocycles. The fourth-order valence-corrected chi connectivity index (χ4v) is 3.97. The van der Waals surface area contributed by atoms with E-state index in [0.29, 0.717) is 12.5 Å². The molecular weight excluding hydrogens is 240 g/mol. The Kier molecular flexibility index (Phi) is 5.37. The van der Waals surface area contributed by atoms with Gasteiger partial charge in [0.2, 0.25) is 10.0 Å². The van der Waals surface area contributed by atoms with Crippen LogP contribution < -0.4 is 10.5 Å². The Morgan fingerprint density at radius 3 is 2.76 bits per heavy atom. The second-order valence-electron chi connectivity index (χ2n) is 5.10. The fraction of sp³-hybridized carbons (Fsp3) is 1.00. The van der Waals surface area contributed by atoms with Crippen molar-refractivity contribution in [3.8, 4) is 0 Å². The van der Waals surface area contributed by atoms with Crippen molar-refractivity contribution >= 4 is 10.0 Å². The lowest BCUT2D eigenvalue weighted by atomic mass is 9.77. The minimum Gasteiger partial charge on any atom is -0.384 e. The Bertz CT molecular complexity index is 332. The van der Waals surface area contributed by atoms with Gasteiger partial charge < -0.3 is 10.5 Å². The predicted molar refractivity (Wildman–Crippen MR) is 68.2 cm³/mol. The zero-order valence-electron chi connectivity index (χ0n) is 10.7. The molecule has 0 amide bonds. The van der Waals surface area contributed by atoms with Gasteiger partial charge in [-0.25, -0.2) is 13.1 Å². The second kappa shape index (κ2) is 6.13. The summed E-state index contributed by atoms with van der Waals surface area (Å²) in [5.74, 6) is 0.525. The van der Waals surface area contributed by atoms with Gasteiger partial charge in [0.1, 0.15) is 0 Å². The standard InChI is InChI=1S/C11H24N2O3S/c1-10-4-3-5-11(8-10,9-12)13-17(14,15)7-6-16-2/h10,13H,3-9,12H2,1-2H3. The molecule has 3 N–H and O–H groups in total. The van der Waals surface area contributed by atoms with Crippen LogP contribution in [0.4, 0.5) is 0 Å². The maximum atomic E-state index is 11.9. The predicted octanol–water partition coefficient (Wildman–Crippen LogP) is 0.460. The van der Waals surface area contributed by atoms with Crippen LogP contribution in [0.25, 0.3) is 0 Å². The van der Waals surface area contributed by atoms with Crippen LogP contribution in [-0.4, -0.2) is 40.0 Å². The SMILES string of the molecule is COCCS(=O)(=O)NC1(CN)CCCC(C)C1. The zero-order chi connectivity index (χ0) is 12.9. The molecule has 1 aliphatic carbocycles. The zero-order valence-corrected chi connectivity index (χ0v) is 11.6. The number of ether oxygens (including phenoxy) is 1. The van der Waals surface area contributed by atoms with Gasteiger partial charge in [0.05, 0.1) is 12.4 Å². The lowest BCUT2D eigenvalue weighted by molar-refractivity contribution is 0.211. The van der Waals surface area contributed by atoms with Crippen LogP contribution in [0.1, 0.15) is 32.6 Å². The number of hydrogen-bond donors (Lipinski definition) is 2. The van der Waals surface area contributed by atoms with Crippen molar-refractivity contribution < 1.29 is 13.2 Å². The third-order valence-corrected chi connectivity index (χ3v) is 4.86. The van der Waals surface area contributed by atoms with Crippen LogP contribution in [-0.2, 0) is 14.8 Å². The van der Waals surface area contributed by atoms with Gasteiger partial charge in [-0.2, -0.15) is 0 Å². The topological polar surface area (TPSA) is 81.4 Å². The van der Waals surface area contributed by atoms with E-state index in [4.69, 9.17) is 10.5 Å². The number of sulfonamides is 1. The summed E-state index contributed by atoms with van der Waals surface area (Å²) in [5.41, 5.74) is 5.34. The highest BCUT2D eigenvalue weighted by Gasteiger charge is 2.36. The van der Waals surface area contributed by atoms with Crippen LogP contribution in [0.2, 0.25) is 0 Å². The third-order valence-electron chi connectivity index (χ3n) is 3.41. The van der Waals surface area contributed by atoms with E-state index in [-0.39, 0.29) is 12.4 Å². The Balaban J connectivity index is 2.68. The molecular formula is C11H24N2O3S. The van der Waals surface area contributed by atoms with Crippen molar-refractivity contribution in [3.05, 3.63) is 0 Å². The maximum absolute atomic E-state index is 11.9. The van der Waals surface area contributed by atoms with Gasteiger partial charge in [0, 0.05) is 19.2 Å². The van der Waals surface area contributed by atoms with Crippen molar-refractivity contribution in [2.24, 2.45) is 11.7 Å². The molecule has 0 spiro atoms. The van der Waals surface area contributed by atoms with E-state index in [1.165, 1.54) is 7.11 Å². The lowest BCUT2D eigenvalue weighted by Crippen LogP contribution is -2.56. The summed E-state index contributed by atoms with van der Waals surface area (Å²) in [6.45, 7) is 2.72. The molecule has 0 saturated heterocycles. The maximum Gasteiger partial charge on any atom is 0.214 e. The fourth-order valence-electron chi connectivity index (χ4n) is 2.55. The summed E-state index contributed by atoms with van der Waals surface area (Å²) >= 11 is 0. The summed E-state index contributed by atoms with van der Waals surface area (Å²) in [6, 6.07) is 0. The molecule has 6 heteroatoms. The van der Waals surface area contributed by atoms with Crippen LogP contribution in [0.3, 0.4) is 0 Å². The van der Waals surface area contributed by atoms with Gasteiger partial charge in [-0.05, 0) is 18.8 Å². The van der Waals surface area contributed by atoms with Gasteiger partial charge in [-0.15, -0.1) is 0 Å². The van der Waals surface area contributed by atoms with Crippen molar-refractivity contribution in [2.45, 2.75) is 38.1 Å². The first-order valence-electron chi connectivity index (χ1n) is 6.14. The first-order valence-corrected chi connectivity index (χ1v) is 7.79. The Labute approximate surface area is 104 Å². The van der Waals surface area contributed by atoms with E-state index in [2.05, 4.69) is 11.6 Å². The second-order valence-corrected chi connectivity index (χ2v) is 6.94.